The monoisotopic (exact) mass is 331 g/mol. The molecule has 0 unspecified atom stereocenters. The Bertz CT molecular complexity index is 847. The summed E-state index contributed by atoms with van der Waals surface area (Å²) in [6.45, 7) is 0.897. The molecule has 0 aliphatic rings. The lowest BCUT2D eigenvalue weighted by atomic mass is 10.0. The fourth-order valence-corrected chi connectivity index (χ4v) is 2.46. The number of halogens is 1. The second-order valence-corrected chi connectivity index (χ2v) is 5.15. The molecule has 3 rings (SSSR count). The summed E-state index contributed by atoms with van der Waals surface area (Å²) in [5, 5.41) is 0.761. The van der Waals surface area contributed by atoms with E-state index in [1.807, 2.05) is 0 Å². The summed E-state index contributed by atoms with van der Waals surface area (Å²) >= 11 is 6.09. The van der Waals surface area contributed by atoms with Crippen LogP contribution < -0.4 is 4.74 Å². The minimum Gasteiger partial charge on any atom is -0.491 e. The van der Waals surface area contributed by atoms with Crippen LogP contribution in [-0.2, 0) is 4.74 Å². The third kappa shape index (κ3) is 3.18. The number of nitrogens with zero attached hydrogens (tertiary/aromatic N) is 2. The van der Waals surface area contributed by atoms with E-state index < -0.39 is 0 Å². The highest BCUT2D eigenvalue weighted by Gasteiger charge is 2.18. The zero-order valence-electron chi connectivity index (χ0n) is 12.4. The summed E-state index contributed by atoms with van der Waals surface area (Å²) in [6, 6.07) is 6.97. The molecule has 2 heterocycles. The lowest BCUT2D eigenvalue weighted by Crippen LogP contribution is -2.06. The van der Waals surface area contributed by atoms with Gasteiger partial charge in [0, 0.05) is 18.9 Å². The molecule has 0 amide bonds. The SMILES string of the molecule is COCCOc1cccc(C(=O)c2c[nH]c3ncnc(Cl)c23)c1. The topological polar surface area (TPSA) is 77.1 Å². The molecule has 2 aromatic heterocycles. The van der Waals surface area contributed by atoms with E-state index in [1.165, 1.54) is 6.33 Å². The van der Waals surface area contributed by atoms with E-state index in [0.717, 1.165) is 0 Å². The number of carbonyl (C=O) groups is 1. The molecule has 0 fully saturated rings. The van der Waals surface area contributed by atoms with Crippen molar-refractivity contribution >= 4 is 28.4 Å². The third-order valence-electron chi connectivity index (χ3n) is 3.32. The Kier molecular flexibility index (Phi) is 4.55. The van der Waals surface area contributed by atoms with Gasteiger partial charge in [0.2, 0.25) is 0 Å². The fourth-order valence-electron chi connectivity index (χ4n) is 2.23. The molecular weight excluding hydrogens is 318 g/mol. The number of aromatic nitrogens is 3. The van der Waals surface area contributed by atoms with Crippen molar-refractivity contribution in [3.8, 4) is 5.75 Å². The van der Waals surface area contributed by atoms with E-state index in [2.05, 4.69) is 15.0 Å². The van der Waals surface area contributed by atoms with Crippen molar-refractivity contribution in [3.63, 3.8) is 0 Å². The molecule has 0 bridgehead atoms. The summed E-state index contributed by atoms with van der Waals surface area (Å²) in [7, 11) is 1.60. The number of hydrogen-bond donors (Lipinski definition) is 1. The van der Waals surface area contributed by atoms with E-state index in [1.54, 1.807) is 37.6 Å². The van der Waals surface area contributed by atoms with E-state index in [4.69, 9.17) is 21.1 Å². The van der Waals surface area contributed by atoms with Crippen molar-refractivity contribution in [3.05, 3.63) is 53.1 Å². The summed E-state index contributed by atoms with van der Waals surface area (Å²) in [5.74, 6) is 0.431. The summed E-state index contributed by atoms with van der Waals surface area (Å²) in [6.07, 6.45) is 2.94. The molecule has 0 aliphatic carbocycles. The first-order valence-corrected chi connectivity index (χ1v) is 7.32. The molecule has 6 nitrogen and oxygen atoms in total. The quantitative estimate of drug-likeness (QED) is 0.427. The van der Waals surface area contributed by atoms with Crippen LogP contribution in [0.1, 0.15) is 15.9 Å². The molecule has 0 saturated heterocycles. The van der Waals surface area contributed by atoms with Crippen molar-refractivity contribution in [2.24, 2.45) is 0 Å². The number of methoxy groups -OCH3 is 1. The predicted molar refractivity (Wildman–Crippen MR) is 86.1 cm³/mol. The maximum absolute atomic E-state index is 12.7. The van der Waals surface area contributed by atoms with Crippen LogP contribution in [0.3, 0.4) is 0 Å². The molecule has 0 atom stereocenters. The van der Waals surface area contributed by atoms with E-state index in [0.29, 0.717) is 41.1 Å². The first-order valence-electron chi connectivity index (χ1n) is 6.95. The predicted octanol–water partition coefficient (Wildman–Crippen LogP) is 2.87. The number of benzene rings is 1. The van der Waals surface area contributed by atoms with Gasteiger partial charge in [-0.05, 0) is 12.1 Å². The summed E-state index contributed by atoms with van der Waals surface area (Å²) in [5.41, 5.74) is 1.46. The molecule has 3 aromatic rings. The zero-order valence-corrected chi connectivity index (χ0v) is 13.1. The number of H-pyrrole nitrogens is 1. The third-order valence-corrected chi connectivity index (χ3v) is 3.61. The second-order valence-electron chi connectivity index (χ2n) is 4.79. The molecular formula is C16H14ClN3O3. The minimum atomic E-state index is -0.176. The van der Waals surface area contributed by atoms with Gasteiger partial charge in [0.05, 0.1) is 17.6 Å². The Morgan fingerprint density at radius 3 is 3.00 bits per heavy atom. The largest absolute Gasteiger partial charge is 0.491 e. The van der Waals surface area contributed by atoms with Crippen molar-refractivity contribution in [2.45, 2.75) is 0 Å². The van der Waals surface area contributed by atoms with Gasteiger partial charge >= 0.3 is 0 Å². The van der Waals surface area contributed by atoms with Crippen LogP contribution in [0.4, 0.5) is 0 Å². The van der Waals surface area contributed by atoms with Crippen LogP contribution >= 0.6 is 11.6 Å². The molecule has 1 N–H and O–H groups in total. The van der Waals surface area contributed by atoms with Crippen molar-refractivity contribution in [1.82, 2.24) is 15.0 Å². The standard InChI is InChI=1S/C16H14ClN3O3/c1-22-5-6-23-11-4-2-3-10(7-11)14(21)12-8-18-16-13(12)15(17)19-9-20-16/h2-4,7-9H,5-6H2,1H3,(H,18,19,20). The number of fused-ring (bicyclic) bond motifs is 1. The number of ether oxygens (including phenoxy) is 2. The molecule has 1 aromatic carbocycles. The Hall–Kier alpha value is -2.44. The van der Waals surface area contributed by atoms with Crippen LogP contribution in [0, 0.1) is 0 Å². The number of nitrogens with one attached hydrogen (secondary N) is 1. The molecule has 0 radical (unpaired) electrons. The van der Waals surface area contributed by atoms with Gasteiger partial charge in [-0.25, -0.2) is 9.97 Å². The Morgan fingerprint density at radius 2 is 2.17 bits per heavy atom. The van der Waals surface area contributed by atoms with Gasteiger partial charge in [0.15, 0.2) is 5.78 Å². The number of carbonyl (C=O) groups excluding carboxylic acids is 1. The van der Waals surface area contributed by atoms with Crippen LogP contribution in [-0.4, -0.2) is 41.1 Å². The second kappa shape index (κ2) is 6.76. The van der Waals surface area contributed by atoms with Gasteiger partial charge in [0.25, 0.3) is 0 Å². The first kappa shape index (κ1) is 15.5. The highest BCUT2D eigenvalue weighted by Crippen LogP contribution is 2.26. The highest BCUT2D eigenvalue weighted by atomic mass is 35.5. The maximum atomic E-state index is 12.7. The van der Waals surface area contributed by atoms with Crippen molar-refractivity contribution in [2.75, 3.05) is 20.3 Å². The van der Waals surface area contributed by atoms with Crippen LogP contribution in [0.5, 0.6) is 5.75 Å². The zero-order chi connectivity index (χ0) is 16.2. The van der Waals surface area contributed by atoms with Gasteiger partial charge in [-0.3, -0.25) is 4.79 Å². The van der Waals surface area contributed by atoms with Gasteiger partial charge in [0.1, 0.15) is 29.5 Å². The summed E-state index contributed by atoms with van der Waals surface area (Å²) < 4.78 is 10.5. The van der Waals surface area contributed by atoms with E-state index >= 15 is 0 Å². The van der Waals surface area contributed by atoms with E-state index in [9.17, 15) is 4.79 Å². The number of ketones is 1. The Labute approximate surface area is 137 Å². The lowest BCUT2D eigenvalue weighted by molar-refractivity contribution is 0.103. The highest BCUT2D eigenvalue weighted by molar-refractivity contribution is 6.36. The van der Waals surface area contributed by atoms with Gasteiger partial charge < -0.3 is 14.5 Å². The van der Waals surface area contributed by atoms with Gasteiger partial charge in [-0.2, -0.15) is 0 Å². The molecule has 0 spiro atoms. The average Bonchev–Trinajstić information content (AvgIpc) is 3.00. The van der Waals surface area contributed by atoms with Crippen molar-refractivity contribution in [1.29, 1.82) is 0 Å². The normalized spacial score (nSPS) is 10.9. The molecule has 7 heteroatoms. The molecule has 23 heavy (non-hydrogen) atoms. The lowest BCUT2D eigenvalue weighted by Gasteiger charge is -2.07. The summed E-state index contributed by atoms with van der Waals surface area (Å²) in [4.78, 5) is 23.7. The van der Waals surface area contributed by atoms with Crippen LogP contribution in [0.25, 0.3) is 11.0 Å². The maximum Gasteiger partial charge on any atom is 0.195 e. The number of rotatable bonds is 6. The van der Waals surface area contributed by atoms with Crippen LogP contribution in [0.15, 0.2) is 36.8 Å². The van der Waals surface area contributed by atoms with Gasteiger partial charge in [-0.1, -0.05) is 23.7 Å². The van der Waals surface area contributed by atoms with Crippen LogP contribution in [0.2, 0.25) is 5.15 Å². The Morgan fingerprint density at radius 1 is 1.30 bits per heavy atom. The molecule has 118 valence electrons. The smallest absolute Gasteiger partial charge is 0.195 e. The number of aromatic amines is 1. The first-order chi connectivity index (χ1) is 11.2. The molecule has 0 saturated carbocycles. The Balaban J connectivity index is 1.92. The minimum absolute atomic E-state index is 0.176. The van der Waals surface area contributed by atoms with Gasteiger partial charge in [-0.15, -0.1) is 0 Å². The molecule has 0 aliphatic heterocycles. The number of hydrogen-bond acceptors (Lipinski definition) is 5. The van der Waals surface area contributed by atoms with Crippen molar-refractivity contribution < 1.29 is 14.3 Å². The average molecular weight is 332 g/mol. The fraction of sp³-hybridized carbons (Fsp3) is 0.188. The van der Waals surface area contributed by atoms with E-state index in [-0.39, 0.29) is 10.9 Å².